The van der Waals surface area contributed by atoms with Gasteiger partial charge in [-0.05, 0) is 63.6 Å². The van der Waals surface area contributed by atoms with Gasteiger partial charge < -0.3 is 9.88 Å². The Labute approximate surface area is 180 Å². The molecule has 1 fully saturated rings. The molecule has 2 aromatic heterocycles. The van der Waals surface area contributed by atoms with Crippen LogP contribution in [0.1, 0.15) is 39.9 Å². The summed E-state index contributed by atoms with van der Waals surface area (Å²) in [7, 11) is 0. The molecule has 1 N–H and O–H groups in total. The van der Waals surface area contributed by atoms with Crippen LogP contribution < -0.4 is 5.32 Å². The van der Waals surface area contributed by atoms with Crippen LogP contribution in [0.25, 0.3) is 5.69 Å². The van der Waals surface area contributed by atoms with Crippen molar-refractivity contribution in [2.75, 3.05) is 6.54 Å². The average Bonchev–Trinajstić information content (AvgIpc) is 3.16. The van der Waals surface area contributed by atoms with Crippen LogP contribution in [0.2, 0.25) is 0 Å². The molecule has 0 radical (unpaired) electrons. The van der Waals surface area contributed by atoms with Crippen molar-refractivity contribution in [2.45, 2.75) is 33.2 Å². The molecule has 4 rings (SSSR count). The van der Waals surface area contributed by atoms with Crippen LogP contribution in [-0.2, 0) is 10.3 Å². The Balaban J connectivity index is 1.61. The molecule has 0 bridgehead atoms. The summed E-state index contributed by atoms with van der Waals surface area (Å²) >= 11 is 0. The number of nitrogens with zero attached hydrogens (tertiary/aromatic N) is 3. The van der Waals surface area contributed by atoms with E-state index in [1.165, 1.54) is 0 Å². The number of rotatable bonds is 5. The number of carbonyl (C=O) groups is 3. The number of pyridine rings is 1. The Morgan fingerprint density at radius 2 is 1.84 bits per heavy atom. The number of imide groups is 1. The Morgan fingerprint density at radius 1 is 1.06 bits per heavy atom. The van der Waals surface area contributed by atoms with Gasteiger partial charge in [-0.2, -0.15) is 0 Å². The van der Waals surface area contributed by atoms with Crippen molar-refractivity contribution in [3.8, 4) is 5.69 Å². The van der Waals surface area contributed by atoms with Gasteiger partial charge >= 0.3 is 6.03 Å². The third kappa shape index (κ3) is 3.42. The highest BCUT2D eigenvalue weighted by molar-refractivity contribution is 6.11. The minimum Gasteiger partial charge on any atom is -0.318 e. The van der Waals surface area contributed by atoms with Gasteiger partial charge in [-0.25, -0.2) is 4.79 Å². The zero-order valence-electron chi connectivity index (χ0n) is 18.0. The fraction of sp³-hybridized carbons (Fsp3) is 0.250. The molecule has 1 aliphatic rings. The lowest BCUT2D eigenvalue weighted by molar-refractivity contribution is -0.130. The maximum Gasteiger partial charge on any atom is 0.325 e. The Bertz CT molecular complexity index is 1200. The van der Waals surface area contributed by atoms with Crippen molar-refractivity contribution in [3.05, 3.63) is 82.9 Å². The van der Waals surface area contributed by atoms with E-state index in [9.17, 15) is 14.4 Å². The normalized spacial score (nSPS) is 18.4. The van der Waals surface area contributed by atoms with E-state index in [1.807, 2.05) is 49.6 Å². The zero-order valence-corrected chi connectivity index (χ0v) is 18.0. The second-order valence-electron chi connectivity index (χ2n) is 8.04. The smallest absolute Gasteiger partial charge is 0.318 e. The lowest BCUT2D eigenvalue weighted by atomic mass is 9.97. The first-order valence-corrected chi connectivity index (χ1v) is 10.1. The molecule has 0 spiro atoms. The Hall–Kier alpha value is -3.74. The highest BCUT2D eigenvalue weighted by atomic mass is 16.2. The van der Waals surface area contributed by atoms with E-state index in [0.717, 1.165) is 27.5 Å². The second kappa shape index (κ2) is 7.50. The summed E-state index contributed by atoms with van der Waals surface area (Å²) in [6.45, 7) is 7.08. The van der Waals surface area contributed by atoms with Crippen LogP contribution in [0, 0.1) is 20.8 Å². The molecular formula is C24H24N4O3. The van der Waals surface area contributed by atoms with E-state index in [4.69, 9.17) is 0 Å². The standard InChI is InChI=1S/C24H24N4O3/c1-15-8-7-9-18(12-15)28-16(2)13-19(17(28)3)20(29)14-27-22(30)24(4,26-23(27)31)21-10-5-6-11-25-21/h5-13H,14H2,1-4H3,(H,26,31). The maximum atomic E-state index is 13.1. The highest BCUT2D eigenvalue weighted by Gasteiger charge is 2.50. The molecule has 31 heavy (non-hydrogen) atoms. The molecule has 0 aliphatic carbocycles. The van der Waals surface area contributed by atoms with E-state index in [1.54, 1.807) is 37.4 Å². The SMILES string of the molecule is Cc1cccc(-n2c(C)cc(C(=O)CN3C(=O)NC(C)(c4ccccn4)C3=O)c2C)c1. The first kappa shape index (κ1) is 20.5. The molecule has 1 saturated heterocycles. The third-order valence-corrected chi connectivity index (χ3v) is 5.75. The molecule has 3 amide bonds. The highest BCUT2D eigenvalue weighted by Crippen LogP contribution is 2.28. The molecule has 1 aliphatic heterocycles. The van der Waals surface area contributed by atoms with Gasteiger partial charge in [0, 0.05) is 28.8 Å². The van der Waals surface area contributed by atoms with E-state index in [2.05, 4.69) is 10.3 Å². The minimum absolute atomic E-state index is 0.291. The summed E-state index contributed by atoms with van der Waals surface area (Å²) in [6, 6.07) is 14.4. The topological polar surface area (TPSA) is 84.3 Å². The van der Waals surface area contributed by atoms with Crippen molar-refractivity contribution in [1.29, 1.82) is 0 Å². The molecule has 3 heterocycles. The number of urea groups is 1. The number of Topliss-reactive ketones (excluding diaryl/α,β-unsaturated/α-hetero) is 1. The van der Waals surface area contributed by atoms with Gasteiger partial charge in [-0.15, -0.1) is 0 Å². The van der Waals surface area contributed by atoms with Crippen LogP contribution in [0.3, 0.4) is 0 Å². The Morgan fingerprint density at radius 3 is 2.52 bits per heavy atom. The summed E-state index contributed by atoms with van der Waals surface area (Å²) in [5, 5.41) is 2.68. The van der Waals surface area contributed by atoms with Crippen molar-refractivity contribution in [3.63, 3.8) is 0 Å². The van der Waals surface area contributed by atoms with Crippen LogP contribution in [0.15, 0.2) is 54.7 Å². The summed E-state index contributed by atoms with van der Waals surface area (Å²) in [4.78, 5) is 43.9. The lowest BCUT2D eigenvalue weighted by Gasteiger charge is -2.20. The summed E-state index contributed by atoms with van der Waals surface area (Å²) < 4.78 is 2.00. The van der Waals surface area contributed by atoms with Gasteiger partial charge in [0.15, 0.2) is 11.3 Å². The van der Waals surface area contributed by atoms with E-state index < -0.39 is 17.5 Å². The first-order valence-electron chi connectivity index (χ1n) is 10.1. The average molecular weight is 416 g/mol. The largest absolute Gasteiger partial charge is 0.325 e. The Kier molecular flexibility index (Phi) is 4.97. The number of benzene rings is 1. The fourth-order valence-electron chi connectivity index (χ4n) is 4.11. The van der Waals surface area contributed by atoms with Crippen molar-refractivity contribution < 1.29 is 14.4 Å². The van der Waals surface area contributed by atoms with Crippen LogP contribution in [-0.4, -0.2) is 38.7 Å². The third-order valence-electron chi connectivity index (χ3n) is 5.75. The van der Waals surface area contributed by atoms with Gasteiger partial charge in [-0.3, -0.25) is 19.5 Å². The zero-order chi connectivity index (χ0) is 22.3. The number of nitrogens with one attached hydrogen (secondary N) is 1. The molecule has 1 unspecified atom stereocenters. The van der Waals surface area contributed by atoms with Crippen LogP contribution in [0.4, 0.5) is 4.79 Å². The number of ketones is 1. The van der Waals surface area contributed by atoms with Crippen LogP contribution in [0.5, 0.6) is 0 Å². The fourth-order valence-corrected chi connectivity index (χ4v) is 4.11. The number of hydrogen-bond donors (Lipinski definition) is 1. The number of aromatic nitrogens is 2. The summed E-state index contributed by atoms with van der Waals surface area (Å²) in [5.74, 6) is -0.780. The lowest BCUT2D eigenvalue weighted by Crippen LogP contribution is -2.42. The van der Waals surface area contributed by atoms with Gasteiger partial charge in [0.1, 0.15) is 0 Å². The number of hydrogen-bond acceptors (Lipinski definition) is 4. The molecule has 3 aromatic rings. The molecule has 7 heteroatoms. The van der Waals surface area contributed by atoms with Crippen molar-refractivity contribution in [1.82, 2.24) is 19.8 Å². The van der Waals surface area contributed by atoms with E-state index in [-0.39, 0.29) is 12.3 Å². The maximum absolute atomic E-state index is 13.1. The number of carbonyl (C=O) groups excluding carboxylic acids is 3. The first-order chi connectivity index (χ1) is 14.7. The van der Waals surface area contributed by atoms with E-state index in [0.29, 0.717) is 11.3 Å². The van der Waals surface area contributed by atoms with Gasteiger partial charge in [0.05, 0.1) is 12.2 Å². The number of aryl methyl sites for hydroxylation is 2. The molecule has 0 saturated carbocycles. The van der Waals surface area contributed by atoms with E-state index >= 15 is 0 Å². The van der Waals surface area contributed by atoms with Gasteiger partial charge in [0.2, 0.25) is 0 Å². The summed E-state index contributed by atoms with van der Waals surface area (Å²) in [6.07, 6.45) is 1.56. The molecule has 1 aromatic carbocycles. The minimum atomic E-state index is -1.29. The molecule has 158 valence electrons. The number of amides is 3. The second-order valence-corrected chi connectivity index (χ2v) is 8.04. The predicted molar refractivity (Wildman–Crippen MR) is 116 cm³/mol. The molecule has 1 atom stereocenters. The molecule has 7 nitrogen and oxygen atoms in total. The monoisotopic (exact) mass is 416 g/mol. The van der Waals surface area contributed by atoms with Crippen molar-refractivity contribution >= 4 is 17.7 Å². The summed E-state index contributed by atoms with van der Waals surface area (Å²) in [5.41, 5.74) is 3.39. The van der Waals surface area contributed by atoms with Gasteiger partial charge in [0.25, 0.3) is 5.91 Å². The van der Waals surface area contributed by atoms with Crippen LogP contribution >= 0.6 is 0 Å². The van der Waals surface area contributed by atoms with Crippen molar-refractivity contribution in [2.24, 2.45) is 0 Å². The van der Waals surface area contributed by atoms with Gasteiger partial charge in [-0.1, -0.05) is 18.2 Å². The molecular weight excluding hydrogens is 392 g/mol. The predicted octanol–water partition coefficient (Wildman–Crippen LogP) is 3.45. The quantitative estimate of drug-likeness (QED) is 0.510.